The number of allylic oxidation sites excluding steroid dienone is 9. The van der Waals surface area contributed by atoms with Crippen molar-refractivity contribution in [2.45, 2.75) is 187 Å². The fourth-order valence-electron chi connectivity index (χ4n) is 5.74. The Labute approximate surface area is 328 Å². The zero-order valence-corrected chi connectivity index (χ0v) is 34.0. The number of rotatable bonds is 37. The van der Waals surface area contributed by atoms with E-state index in [1.54, 1.807) is 0 Å². The third kappa shape index (κ3) is 35.6. The van der Waals surface area contributed by atoms with Gasteiger partial charge in [0.15, 0.2) is 0 Å². The molecule has 308 valence electrons. The van der Waals surface area contributed by atoms with Crippen molar-refractivity contribution in [1.82, 2.24) is 10.6 Å². The van der Waals surface area contributed by atoms with Crippen LogP contribution in [0.1, 0.15) is 174 Å². The second kappa shape index (κ2) is 39.2. The summed E-state index contributed by atoms with van der Waals surface area (Å²) in [7, 11) is 0. The van der Waals surface area contributed by atoms with Gasteiger partial charge in [-0.3, -0.25) is 14.4 Å². The lowest BCUT2D eigenvalue weighted by Crippen LogP contribution is -2.47. The van der Waals surface area contributed by atoms with Gasteiger partial charge in [0.2, 0.25) is 11.8 Å². The number of aliphatic hydroxyl groups excluding tert-OH is 1. The van der Waals surface area contributed by atoms with Crippen molar-refractivity contribution >= 4 is 23.8 Å². The highest BCUT2D eigenvalue weighted by Crippen LogP contribution is 2.15. The lowest BCUT2D eigenvalue weighted by molar-refractivity contribution is -0.147. The van der Waals surface area contributed by atoms with E-state index in [0.717, 1.165) is 89.9 Å². The molecule has 0 heterocycles. The molecule has 9 heteroatoms. The summed E-state index contributed by atoms with van der Waals surface area (Å²) < 4.78 is 5.90. The van der Waals surface area contributed by atoms with E-state index in [0.29, 0.717) is 12.8 Å². The summed E-state index contributed by atoms with van der Waals surface area (Å²) in [6.45, 7) is 3.32. The molecule has 0 aromatic rings. The minimum atomic E-state index is -1.39. The lowest BCUT2D eigenvalue weighted by atomic mass is 10.1. The topological polar surface area (TPSA) is 142 Å². The minimum absolute atomic E-state index is 0.113. The summed E-state index contributed by atoms with van der Waals surface area (Å²) >= 11 is 0. The molecule has 0 rings (SSSR count). The molecule has 0 aliphatic rings. The smallest absolute Gasteiger partial charge is 0.328 e. The van der Waals surface area contributed by atoms with Crippen molar-refractivity contribution in [2.75, 3.05) is 13.2 Å². The number of esters is 1. The van der Waals surface area contributed by atoms with Crippen molar-refractivity contribution in [1.29, 1.82) is 0 Å². The molecule has 0 fully saturated rings. The molecule has 2 unspecified atom stereocenters. The Morgan fingerprint density at radius 1 is 0.593 bits per heavy atom. The van der Waals surface area contributed by atoms with Crippen LogP contribution in [0.15, 0.2) is 60.8 Å². The molecule has 0 radical (unpaired) electrons. The molecule has 2 atom stereocenters. The van der Waals surface area contributed by atoms with Crippen LogP contribution in [0.25, 0.3) is 0 Å². The maximum atomic E-state index is 12.7. The number of unbranched alkanes of at least 4 members (excludes halogenated alkanes) is 15. The van der Waals surface area contributed by atoms with Gasteiger partial charge in [-0.05, 0) is 83.1 Å². The maximum absolute atomic E-state index is 12.7. The van der Waals surface area contributed by atoms with Crippen molar-refractivity contribution in [3.63, 3.8) is 0 Å². The molecular formula is C45H76N2O7. The number of carboxylic acid groups (broad SMARTS) is 1. The van der Waals surface area contributed by atoms with Gasteiger partial charge in [-0.25, -0.2) is 4.79 Å². The van der Waals surface area contributed by atoms with Crippen LogP contribution >= 0.6 is 0 Å². The van der Waals surface area contributed by atoms with E-state index >= 15 is 0 Å². The summed E-state index contributed by atoms with van der Waals surface area (Å²) in [5.74, 6) is -2.38. The first-order chi connectivity index (χ1) is 26.3. The van der Waals surface area contributed by atoms with Gasteiger partial charge in [0.25, 0.3) is 0 Å². The molecule has 54 heavy (non-hydrogen) atoms. The zero-order valence-electron chi connectivity index (χ0n) is 34.0. The average Bonchev–Trinajstić information content (AvgIpc) is 3.15. The van der Waals surface area contributed by atoms with Crippen molar-refractivity contribution in [3.8, 4) is 0 Å². The second-order valence-corrected chi connectivity index (χ2v) is 14.0. The Hall–Kier alpha value is -3.46. The summed E-state index contributed by atoms with van der Waals surface area (Å²) in [5.41, 5.74) is 0. The number of hydrogen-bond acceptors (Lipinski definition) is 6. The van der Waals surface area contributed by atoms with Crippen molar-refractivity contribution in [3.05, 3.63) is 60.8 Å². The highest BCUT2D eigenvalue weighted by Gasteiger charge is 2.18. The highest BCUT2D eigenvalue weighted by molar-refractivity contribution is 5.87. The average molecular weight is 757 g/mol. The van der Waals surface area contributed by atoms with Gasteiger partial charge >= 0.3 is 11.9 Å². The van der Waals surface area contributed by atoms with E-state index in [1.807, 2.05) is 6.08 Å². The molecule has 4 N–H and O–H groups in total. The van der Waals surface area contributed by atoms with E-state index in [4.69, 9.17) is 14.9 Å². The summed E-state index contributed by atoms with van der Waals surface area (Å²) in [6.07, 6.45) is 47.0. The van der Waals surface area contributed by atoms with Gasteiger partial charge < -0.3 is 25.6 Å². The predicted molar refractivity (Wildman–Crippen MR) is 222 cm³/mol. The molecule has 2 amide bonds. The van der Waals surface area contributed by atoms with Crippen molar-refractivity contribution < 1.29 is 34.1 Å². The Kier molecular flexibility index (Phi) is 36.7. The Morgan fingerprint density at radius 3 is 1.70 bits per heavy atom. The number of carbonyl (C=O) groups is 4. The molecule has 0 bridgehead atoms. The minimum Gasteiger partial charge on any atom is -0.480 e. The summed E-state index contributed by atoms with van der Waals surface area (Å²) in [5, 5.41) is 22.5. The molecule has 0 saturated heterocycles. The largest absolute Gasteiger partial charge is 0.480 e. The second-order valence-electron chi connectivity index (χ2n) is 14.0. The highest BCUT2D eigenvalue weighted by atomic mass is 16.5. The first-order valence-electron chi connectivity index (χ1n) is 21.2. The Bertz CT molecular complexity index is 1100. The van der Waals surface area contributed by atoms with Gasteiger partial charge in [-0.2, -0.15) is 0 Å². The lowest BCUT2D eigenvalue weighted by Gasteiger charge is -2.15. The molecule has 0 aromatic heterocycles. The standard InChI is InChI=1S/C45H76N2O7/c1-3-5-7-9-11-13-14-15-16-17-18-19-20-21-23-29-33-37-44(51)54-40(34-30-26-22-12-10-8-6-4-2)35-31-27-24-25-28-32-36-42(49)46-38-43(50)47-41(39-48)45(52)53/h6,8,11-13,15-16,22,30,34,40-41,48H,3-5,7,9-10,14,17-21,23-29,31-33,35-39H2,1-2H3,(H,46,49)(H,47,50)(H,52,53)/b8-6-,13-11-,16-15-,22-12-,34-30-. The maximum Gasteiger partial charge on any atom is 0.328 e. The molecule has 0 aromatic carbocycles. The number of ether oxygens (including phenoxy) is 1. The number of carbonyl (C=O) groups excluding carboxylic acids is 3. The normalized spacial score (nSPS) is 13.1. The third-order valence-electron chi connectivity index (χ3n) is 8.98. The van der Waals surface area contributed by atoms with E-state index < -0.39 is 24.5 Å². The first kappa shape index (κ1) is 50.5. The third-order valence-corrected chi connectivity index (χ3v) is 8.98. The van der Waals surface area contributed by atoms with Gasteiger partial charge in [0.05, 0.1) is 13.2 Å². The Morgan fingerprint density at radius 2 is 1.11 bits per heavy atom. The van der Waals surface area contributed by atoms with Gasteiger partial charge in [-0.1, -0.05) is 139 Å². The van der Waals surface area contributed by atoms with E-state index in [-0.39, 0.29) is 30.9 Å². The van der Waals surface area contributed by atoms with Crippen LogP contribution in [0.5, 0.6) is 0 Å². The number of amides is 2. The predicted octanol–water partition coefficient (Wildman–Crippen LogP) is 10.1. The van der Waals surface area contributed by atoms with Crippen LogP contribution < -0.4 is 10.6 Å². The van der Waals surface area contributed by atoms with Gasteiger partial charge in [-0.15, -0.1) is 0 Å². The number of nitrogens with one attached hydrogen (secondary N) is 2. The fraction of sp³-hybridized carbons (Fsp3) is 0.689. The summed E-state index contributed by atoms with van der Waals surface area (Å²) in [4.78, 5) is 47.4. The molecule has 9 nitrogen and oxygen atoms in total. The quantitative estimate of drug-likeness (QED) is 0.0281. The van der Waals surface area contributed by atoms with Crippen LogP contribution in [-0.4, -0.2) is 59.3 Å². The fourth-order valence-corrected chi connectivity index (χ4v) is 5.74. The van der Waals surface area contributed by atoms with Crippen LogP contribution in [0, 0.1) is 0 Å². The molecule has 0 spiro atoms. The monoisotopic (exact) mass is 757 g/mol. The Balaban J connectivity index is 4.26. The SMILES string of the molecule is CC/C=C\C/C=C\C/C=C\C(CCCCCCCCC(=O)NCC(=O)NC(CO)C(=O)O)OC(=O)CCCCCCCCC/C=C\C/C=C\CCCCC. The van der Waals surface area contributed by atoms with Gasteiger partial charge in [0, 0.05) is 12.8 Å². The van der Waals surface area contributed by atoms with Crippen LogP contribution in [-0.2, 0) is 23.9 Å². The zero-order chi connectivity index (χ0) is 39.7. The van der Waals surface area contributed by atoms with Crippen LogP contribution in [0.3, 0.4) is 0 Å². The molecule has 0 aliphatic heterocycles. The number of carboxylic acids is 1. The van der Waals surface area contributed by atoms with E-state index in [9.17, 15) is 19.2 Å². The van der Waals surface area contributed by atoms with Crippen molar-refractivity contribution in [2.24, 2.45) is 0 Å². The first-order valence-corrected chi connectivity index (χ1v) is 21.2. The van der Waals surface area contributed by atoms with Crippen LogP contribution in [0.4, 0.5) is 0 Å². The molecule has 0 aliphatic carbocycles. The number of hydrogen-bond donors (Lipinski definition) is 4. The summed E-state index contributed by atoms with van der Waals surface area (Å²) in [6, 6.07) is -1.39. The number of aliphatic hydroxyl groups is 1. The molecular weight excluding hydrogens is 681 g/mol. The molecule has 0 saturated carbocycles. The van der Waals surface area contributed by atoms with E-state index in [1.165, 1.54) is 51.4 Å². The number of aliphatic carboxylic acids is 1. The van der Waals surface area contributed by atoms with Gasteiger partial charge in [0.1, 0.15) is 12.1 Å². The van der Waals surface area contributed by atoms with Crippen LogP contribution in [0.2, 0.25) is 0 Å². The van der Waals surface area contributed by atoms with E-state index in [2.05, 4.69) is 79.2 Å².